The maximum atomic E-state index is 9.26. The second-order valence-electron chi connectivity index (χ2n) is 7.40. The van der Waals surface area contributed by atoms with E-state index in [1.165, 1.54) is 19.3 Å². The molecule has 1 aromatic heterocycles. The van der Waals surface area contributed by atoms with Crippen LogP contribution in [-0.4, -0.2) is 55.3 Å². The van der Waals surface area contributed by atoms with Crippen molar-refractivity contribution in [3.8, 4) is 0 Å². The lowest BCUT2D eigenvalue weighted by molar-refractivity contribution is 0.146. The summed E-state index contributed by atoms with van der Waals surface area (Å²) in [5.74, 6) is 2.31. The van der Waals surface area contributed by atoms with Gasteiger partial charge in [0.1, 0.15) is 5.76 Å². The molecular formula is C21H38N4O2. The molecule has 27 heavy (non-hydrogen) atoms. The van der Waals surface area contributed by atoms with Crippen molar-refractivity contribution in [3.63, 3.8) is 0 Å². The molecule has 154 valence electrons. The number of aliphatic imine (C=N–C) groups is 1. The number of piperidine rings is 1. The summed E-state index contributed by atoms with van der Waals surface area (Å²) in [5.41, 5.74) is 0. The molecule has 1 saturated heterocycles. The minimum Gasteiger partial charge on any atom is -0.468 e. The molecule has 0 aliphatic carbocycles. The van der Waals surface area contributed by atoms with Gasteiger partial charge in [0.2, 0.25) is 0 Å². The molecule has 1 aliphatic heterocycles. The fourth-order valence-electron chi connectivity index (χ4n) is 3.79. The van der Waals surface area contributed by atoms with Gasteiger partial charge in [-0.1, -0.05) is 19.8 Å². The molecule has 1 aliphatic rings. The van der Waals surface area contributed by atoms with E-state index in [1.807, 2.05) is 6.07 Å². The molecule has 2 heterocycles. The average Bonchev–Trinajstić information content (AvgIpc) is 3.21. The van der Waals surface area contributed by atoms with Gasteiger partial charge >= 0.3 is 0 Å². The van der Waals surface area contributed by atoms with Crippen LogP contribution in [-0.2, 0) is 0 Å². The van der Waals surface area contributed by atoms with Crippen molar-refractivity contribution in [1.29, 1.82) is 0 Å². The summed E-state index contributed by atoms with van der Waals surface area (Å²) in [6.07, 6.45) is 8.64. The molecule has 0 amide bonds. The summed E-state index contributed by atoms with van der Waals surface area (Å²) in [4.78, 5) is 7.30. The topological polar surface area (TPSA) is 73.0 Å². The van der Waals surface area contributed by atoms with E-state index in [2.05, 4.69) is 35.4 Å². The van der Waals surface area contributed by atoms with Gasteiger partial charge in [0.05, 0.1) is 12.3 Å². The third-order valence-electron chi connectivity index (χ3n) is 5.25. The second kappa shape index (κ2) is 12.8. The van der Waals surface area contributed by atoms with Crippen molar-refractivity contribution < 1.29 is 9.52 Å². The lowest BCUT2D eigenvalue weighted by Gasteiger charge is -2.33. The first kappa shape index (κ1) is 21.8. The Labute approximate surface area is 164 Å². The number of likely N-dealkylation sites (tertiary alicyclic amines) is 1. The number of furan rings is 1. The Kier molecular flexibility index (Phi) is 10.3. The zero-order chi connectivity index (χ0) is 19.3. The van der Waals surface area contributed by atoms with Gasteiger partial charge < -0.3 is 20.2 Å². The Balaban J connectivity index is 1.98. The van der Waals surface area contributed by atoms with Crippen LogP contribution in [0, 0.1) is 5.92 Å². The van der Waals surface area contributed by atoms with E-state index in [0.717, 1.165) is 63.7 Å². The molecule has 0 spiro atoms. The van der Waals surface area contributed by atoms with E-state index in [0.29, 0.717) is 5.92 Å². The highest BCUT2D eigenvalue weighted by Gasteiger charge is 2.24. The van der Waals surface area contributed by atoms with E-state index in [1.54, 1.807) is 6.26 Å². The van der Waals surface area contributed by atoms with Crippen molar-refractivity contribution in [2.24, 2.45) is 10.9 Å². The van der Waals surface area contributed by atoms with Gasteiger partial charge in [-0.2, -0.15) is 0 Å². The van der Waals surface area contributed by atoms with E-state index in [4.69, 9.17) is 9.41 Å². The third kappa shape index (κ3) is 7.54. The number of rotatable bonds is 11. The normalized spacial score (nSPS) is 18.3. The fourth-order valence-corrected chi connectivity index (χ4v) is 3.79. The molecular weight excluding hydrogens is 340 g/mol. The van der Waals surface area contributed by atoms with Gasteiger partial charge in [-0.3, -0.25) is 9.89 Å². The van der Waals surface area contributed by atoms with Gasteiger partial charge in [0.25, 0.3) is 0 Å². The first-order valence-electron chi connectivity index (χ1n) is 10.7. The minimum absolute atomic E-state index is 0.230. The quantitative estimate of drug-likeness (QED) is 0.407. The number of guanidine groups is 1. The molecule has 2 rings (SSSR count). The molecule has 2 atom stereocenters. The largest absolute Gasteiger partial charge is 0.468 e. The maximum absolute atomic E-state index is 9.26. The molecule has 0 radical (unpaired) electrons. The summed E-state index contributed by atoms with van der Waals surface area (Å²) >= 11 is 0. The Morgan fingerprint density at radius 3 is 2.67 bits per heavy atom. The van der Waals surface area contributed by atoms with Gasteiger partial charge in [-0.05, 0) is 63.7 Å². The van der Waals surface area contributed by atoms with E-state index >= 15 is 0 Å². The van der Waals surface area contributed by atoms with Gasteiger partial charge in [0.15, 0.2) is 5.96 Å². The molecule has 0 saturated carbocycles. The Bertz CT molecular complexity index is 506. The molecule has 1 fully saturated rings. The number of aliphatic hydroxyl groups excluding tert-OH is 1. The van der Waals surface area contributed by atoms with Crippen LogP contribution < -0.4 is 10.6 Å². The number of aliphatic hydroxyl groups is 1. The van der Waals surface area contributed by atoms with Crippen LogP contribution in [0.25, 0.3) is 0 Å². The molecule has 1 aromatic rings. The van der Waals surface area contributed by atoms with Crippen molar-refractivity contribution >= 4 is 5.96 Å². The third-order valence-corrected chi connectivity index (χ3v) is 5.25. The Morgan fingerprint density at radius 1 is 1.22 bits per heavy atom. The summed E-state index contributed by atoms with van der Waals surface area (Å²) < 4.78 is 5.73. The van der Waals surface area contributed by atoms with Crippen molar-refractivity contribution in [2.45, 2.75) is 58.4 Å². The average molecular weight is 379 g/mol. The smallest absolute Gasteiger partial charge is 0.191 e. The lowest BCUT2D eigenvalue weighted by Crippen LogP contribution is -2.44. The van der Waals surface area contributed by atoms with Crippen molar-refractivity contribution in [2.75, 3.05) is 39.3 Å². The molecule has 0 bridgehead atoms. The molecule has 6 nitrogen and oxygen atoms in total. The number of nitrogens with one attached hydrogen (secondary N) is 2. The Morgan fingerprint density at radius 2 is 2.04 bits per heavy atom. The summed E-state index contributed by atoms with van der Waals surface area (Å²) in [7, 11) is 0. The zero-order valence-corrected chi connectivity index (χ0v) is 17.1. The van der Waals surface area contributed by atoms with Crippen LogP contribution in [0.1, 0.15) is 64.2 Å². The van der Waals surface area contributed by atoms with E-state index in [9.17, 15) is 5.11 Å². The predicted octanol–water partition coefficient (Wildman–Crippen LogP) is 3.16. The second-order valence-corrected chi connectivity index (χ2v) is 7.40. The van der Waals surface area contributed by atoms with Crippen LogP contribution in [0.5, 0.6) is 0 Å². The molecule has 3 N–H and O–H groups in total. The highest BCUT2D eigenvalue weighted by Crippen LogP contribution is 2.24. The SMILES string of the molecule is CCCC(CCO)CN=C(NCC)NCC(c1ccco1)N1CCCCC1. The van der Waals surface area contributed by atoms with Crippen LogP contribution in [0.3, 0.4) is 0 Å². The number of hydrogen-bond acceptors (Lipinski definition) is 4. The predicted molar refractivity (Wildman–Crippen MR) is 111 cm³/mol. The van der Waals surface area contributed by atoms with Gasteiger partial charge in [0, 0.05) is 26.2 Å². The van der Waals surface area contributed by atoms with Crippen molar-refractivity contribution in [1.82, 2.24) is 15.5 Å². The fraction of sp³-hybridized carbons (Fsp3) is 0.762. The first-order valence-corrected chi connectivity index (χ1v) is 10.7. The van der Waals surface area contributed by atoms with Crippen LogP contribution >= 0.6 is 0 Å². The highest BCUT2D eigenvalue weighted by atomic mass is 16.3. The standard InChI is InChI=1S/C21H38N4O2/c1-3-9-18(11-14-26)16-23-21(22-4-2)24-17-19(20-10-8-15-27-20)25-12-6-5-7-13-25/h8,10,15,18-19,26H,3-7,9,11-14,16-17H2,1-2H3,(H2,22,23,24). The summed E-state index contributed by atoms with van der Waals surface area (Å²) in [5, 5.41) is 16.1. The van der Waals surface area contributed by atoms with Gasteiger partial charge in [-0.25, -0.2) is 0 Å². The van der Waals surface area contributed by atoms with Crippen LogP contribution in [0.2, 0.25) is 0 Å². The number of nitrogens with zero attached hydrogens (tertiary/aromatic N) is 2. The maximum Gasteiger partial charge on any atom is 0.191 e. The van der Waals surface area contributed by atoms with E-state index < -0.39 is 0 Å². The van der Waals surface area contributed by atoms with Crippen LogP contribution in [0.4, 0.5) is 0 Å². The summed E-state index contributed by atoms with van der Waals surface area (Å²) in [6, 6.07) is 4.27. The molecule has 6 heteroatoms. The zero-order valence-electron chi connectivity index (χ0n) is 17.1. The van der Waals surface area contributed by atoms with E-state index in [-0.39, 0.29) is 12.6 Å². The number of hydrogen-bond donors (Lipinski definition) is 3. The monoisotopic (exact) mass is 378 g/mol. The van der Waals surface area contributed by atoms with Crippen LogP contribution in [0.15, 0.2) is 27.8 Å². The first-order chi connectivity index (χ1) is 13.3. The molecule has 2 unspecified atom stereocenters. The highest BCUT2D eigenvalue weighted by molar-refractivity contribution is 5.79. The molecule has 0 aromatic carbocycles. The lowest BCUT2D eigenvalue weighted by atomic mass is 10.0. The minimum atomic E-state index is 0.230. The van der Waals surface area contributed by atoms with Gasteiger partial charge in [-0.15, -0.1) is 0 Å². The van der Waals surface area contributed by atoms with Crippen molar-refractivity contribution in [3.05, 3.63) is 24.2 Å². The summed E-state index contributed by atoms with van der Waals surface area (Å²) in [6.45, 7) is 9.11. The Hall–Kier alpha value is -1.53.